The van der Waals surface area contributed by atoms with Gasteiger partial charge in [0.2, 0.25) is 0 Å². The second-order valence-corrected chi connectivity index (χ2v) is 7.48. The monoisotopic (exact) mass is 317 g/mol. The first-order valence-corrected chi connectivity index (χ1v) is 8.51. The average Bonchev–Trinajstić information content (AvgIpc) is 2.31. The summed E-state index contributed by atoms with van der Waals surface area (Å²) >= 11 is 0. The number of benzene rings is 1. The smallest absolute Gasteiger partial charge is 0.261 e. The predicted molar refractivity (Wildman–Crippen MR) is 75.5 cm³/mol. The fraction of sp³-hybridized carbons (Fsp3) is 0.462. The van der Waals surface area contributed by atoms with Gasteiger partial charge in [-0.15, -0.1) is 0 Å². The lowest BCUT2D eigenvalue weighted by atomic mass is 9.89. The van der Waals surface area contributed by atoms with Crippen LogP contribution in [0.3, 0.4) is 0 Å². The molecule has 1 aliphatic carbocycles. The third kappa shape index (κ3) is 3.31. The summed E-state index contributed by atoms with van der Waals surface area (Å²) in [5.74, 6) is -0.208. The van der Waals surface area contributed by atoms with E-state index in [2.05, 4.69) is 5.32 Å². The molecule has 0 bridgehead atoms. The Kier molecular flexibility index (Phi) is 4.36. The van der Waals surface area contributed by atoms with Crippen molar-refractivity contribution in [3.8, 4) is 0 Å². The maximum absolute atomic E-state index is 12.1. The van der Waals surface area contributed by atoms with Gasteiger partial charge in [0.05, 0.1) is 11.0 Å². The molecule has 0 unspecified atom stereocenters. The van der Waals surface area contributed by atoms with Crippen LogP contribution in [-0.2, 0) is 13.8 Å². The lowest BCUT2D eigenvalue weighted by Crippen LogP contribution is -2.47. The molecule has 0 saturated heterocycles. The van der Waals surface area contributed by atoms with Gasteiger partial charge < -0.3 is 10.1 Å². The highest BCUT2D eigenvalue weighted by Gasteiger charge is 2.30. The molecule has 1 aliphatic rings. The molecular formula is C13H16ClNO4S. The van der Waals surface area contributed by atoms with Crippen molar-refractivity contribution >= 4 is 25.6 Å². The van der Waals surface area contributed by atoms with Gasteiger partial charge in [0, 0.05) is 29.4 Å². The van der Waals surface area contributed by atoms with Gasteiger partial charge in [0.1, 0.15) is 0 Å². The normalized spacial score (nSPS) is 22.1. The van der Waals surface area contributed by atoms with E-state index in [4.69, 9.17) is 15.4 Å². The molecule has 20 heavy (non-hydrogen) atoms. The Bertz CT molecular complexity index is 623. The molecule has 1 amide bonds. The van der Waals surface area contributed by atoms with Gasteiger partial charge in [-0.2, -0.15) is 0 Å². The molecule has 0 spiro atoms. The highest BCUT2D eigenvalue weighted by Crippen LogP contribution is 2.24. The molecule has 2 rings (SSSR count). The Hall–Kier alpha value is -1.11. The van der Waals surface area contributed by atoms with E-state index in [1.807, 2.05) is 0 Å². The summed E-state index contributed by atoms with van der Waals surface area (Å²) in [6.45, 7) is 1.68. The van der Waals surface area contributed by atoms with Crippen LogP contribution in [0.2, 0.25) is 0 Å². The second kappa shape index (κ2) is 5.71. The fourth-order valence-corrected chi connectivity index (χ4v) is 3.02. The second-order valence-electron chi connectivity index (χ2n) is 4.91. The van der Waals surface area contributed by atoms with Crippen molar-refractivity contribution in [2.24, 2.45) is 0 Å². The van der Waals surface area contributed by atoms with Crippen LogP contribution in [-0.4, -0.2) is 33.6 Å². The summed E-state index contributed by atoms with van der Waals surface area (Å²) in [6, 6.07) is 4.33. The number of hydrogen-bond acceptors (Lipinski definition) is 4. The molecule has 0 heterocycles. The molecule has 0 aliphatic heterocycles. The summed E-state index contributed by atoms with van der Waals surface area (Å²) in [4.78, 5) is 12.1. The Balaban J connectivity index is 2.08. The van der Waals surface area contributed by atoms with E-state index in [0.717, 1.165) is 12.8 Å². The fourth-order valence-electron chi connectivity index (χ4n) is 2.18. The van der Waals surface area contributed by atoms with Gasteiger partial charge in [-0.3, -0.25) is 4.79 Å². The van der Waals surface area contributed by atoms with Gasteiger partial charge in [0.15, 0.2) is 0 Å². The first-order valence-electron chi connectivity index (χ1n) is 6.20. The maximum Gasteiger partial charge on any atom is 0.261 e. The minimum atomic E-state index is -3.77. The molecule has 1 aromatic carbocycles. The van der Waals surface area contributed by atoms with Gasteiger partial charge in [-0.05, 0) is 43.5 Å². The zero-order valence-electron chi connectivity index (χ0n) is 11.2. The van der Waals surface area contributed by atoms with Crippen molar-refractivity contribution in [3.63, 3.8) is 0 Å². The number of carbonyl (C=O) groups is 1. The van der Waals surface area contributed by atoms with Crippen molar-refractivity contribution < 1.29 is 17.9 Å². The Morgan fingerprint density at radius 1 is 1.40 bits per heavy atom. The first-order chi connectivity index (χ1) is 9.31. The Morgan fingerprint density at radius 2 is 2.05 bits per heavy atom. The third-order valence-electron chi connectivity index (χ3n) is 3.49. The van der Waals surface area contributed by atoms with Crippen molar-refractivity contribution in [3.05, 3.63) is 29.3 Å². The standard InChI is InChI=1S/C13H16ClNO4S/c1-8-5-11(20(14,17)18)3-4-12(8)13(16)15-9-6-10(7-9)19-2/h3-5,9-10H,6-7H2,1-2H3,(H,15,16). The van der Waals surface area contributed by atoms with Gasteiger partial charge in [-0.25, -0.2) is 8.42 Å². The van der Waals surface area contributed by atoms with Crippen LogP contribution in [0.25, 0.3) is 0 Å². The van der Waals surface area contributed by atoms with Crippen LogP contribution in [0.4, 0.5) is 0 Å². The summed E-state index contributed by atoms with van der Waals surface area (Å²) in [7, 11) is 3.15. The number of rotatable bonds is 4. The number of ether oxygens (including phenoxy) is 1. The molecule has 1 N–H and O–H groups in total. The van der Waals surface area contributed by atoms with E-state index in [0.29, 0.717) is 11.1 Å². The minimum absolute atomic E-state index is 0.00342. The number of aryl methyl sites for hydroxylation is 1. The lowest BCUT2D eigenvalue weighted by molar-refractivity contribution is 0.0176. The van der Waals surface area contributed by atoms with E-state index >= 15 is 0 Å². The van der Waals surface area contributed by atoms with Crippen LogP contribution in [0.15, 0.2) is 23.1 Å². The number of halogens is 1. The van der Waals surface area contributed by atoms with Crippen LogP contribution in [0, 0.1) is 6.92 Å². The van der Waals surface area contributed by atoms with E-state index < -0.39 is 9.05 Å². The third-order valence-corrected chi connectivity index (χ3v) is 4.84. The summed E-state index contributed by atoms with van der Waals surface area (Å²) < 4.78 is 27.6. The van der Waals surface area contributed by atoms with Crippen LogP contribution in [0.5, 0.6) is 0 Å². The van der Waals surface area contributed by atoms with Gasteiger partial charge in [-0.1, -0.05) is 0 Å². The molecule has 1 saturated carbocycles. The number of amides is 1. The number of nitrogens with one attached hydrogen (secondary N) is 1. The van der Waals surface area contributed by atoms with Gasteiger partial charge >= 0.3 is 0 Å². The Labute approximate surface area is 122 Å². The lowest BCUT2D eigenvalue weighted by Gasteiger charge is -2.34. The number of hydrogen-bond donors (Lipinski definition) is 1. The van der Waals surface area contributed by atoms with E-state index in [1.165, 1.54) is 18.2 Å². The van der Waals surface area contributed by atoms with Crippen molar-refractivity contribution in [2.45, 2.75) is 36.8 Å². The predicted octanol–water partition coefficient (Wildman–Crippen LogP) is 1.83. The molecule has 0 atom stereocenters. The van der Waals surface area contributed by atoms with E-state index in [-0.39, 0.29) is 22.9 Å². The highest BCUT2D eigenvalue weighted by molar-refractivity contribution is 8.13. The molecule has 110 valence electrons. The van der Waals surface area contributed by atoms with Gasteiger partial charge in [0.25, 0.3) is 15.0 Å². The largest absolute Gasteiger partial charge is 0.381 e. The number of methoxy groups -OCH3 is 1. The average molecular weight is 318 g/mol. The molecule has 0 radical (unpaired) electrons. The van der Waals surface area contributed by atoms with E-state index in [1.54, 1.807) is 14.0 Å². The number of carbonyl (C=O) groups excluding carboxylic acids is 1. The minimum Gasteiger partial charge on any atom is -0.381 e. The first kappa shape index (κ1) is 15.3. The Morgan fingerprint density at radius 3 is 2.55 bits per heavy atom. The van der Waals surface area contributed by atoms with Crippen molar-refractivity contribution in [2.75, 3.05) is 7.11 Å². The van der Waals surface area contributed by atoms with Crippen LogP contribution in [0.1, 0.15) is 28.8 Å². The van der Waals surface area contributed by atoms with Crippen LogP contribution < -0.4 is 5.32 Å². The molecule has 1 aromatic rings. The molecule has 0 aromatic heterocycles. The zero-order chi connectivity index (χ0) is 14.9. The van der Waals surface area contributed by atoms with Crippen LogP contribution >= 0.6 is 10.7 Å². The molecule has 1 fully saturated rings. The molecule has 5 nitrogen and oxygen atoms in total. The quantitative estimate of drug-likeness (QED) is 0.860. The summed E-state index contributed by atoms with van der Waals surface area (Å²) in [5, 5.41) is 2.89. The summed E-state index contributed by atoms with van der Waals surface area (Å²) in [5.41, 5.74) is 1.03. The van der Waals surface area contributed by atoms with E-state index in [9.17, 15) is 13.2 Å². The molecule has 7 heteroatoms. The molecular weight excluding hydrogens is 302 g/mol. The summed E-state index contributed by atoms with van der Waals surface area (Å²) in [6.07, 6.45) is 1.82. The SMILES string of the molecule is COC1CC(NC(=O)c2ccc(S(=O)(=O)Cl)cc2C)C1. The highest BCUT2D eigenvalue weighted by atomic mass is 35.7. The topological polar surface area (TPSA) is 72.5 Å². The van der Waals surface area contributed by atoms with Crippen molar-refractivity contribution in [1.29, 1.82) is 0 Å². The van der Waals surface area contributed by atoms with Crippen molar-refractivity contribution in [1.82, 2.24) is 5.32 Å². The maximum atomic E-state index is 12.1. The zero-order valence-corrected chi connectivity index (χ0v) is 12.8.